The summed E-state index contributed by atoms with van der Waals surface area (Å²) in [6.07, 6.45) is 1.43. The highest BCUT2D eigenvalue weighted by Gasteiger charge is 2.03. The molecule has 0 radical (unpaired) electrons. The molecule has 0 bridgehead atoms. The molecule has 4 heteroatoms. The quantitative estimate of drug-likeness (QED) is 0.496. The van der Waals surface area contributed by atoms with Gasteiger partial charge in [0.2, 0.25) is 0 Å². The van der Waals surface area contributed by atoms with E-state index < -0.39 is 0 Å². The van der Waals surface area contributed by atoms with E-state index in [0.29, 0.717) is 10.6 Å². The van der Waals surface area contributed by atoms with E-state index in [9.17, 15) is 4.79 Å². The molecule has 2 rings (SSSR count). The molecule has 0 fully saturated rings. The van der Waals surface area contributed by atoms with Crippen molar-refractivity contribution in [3.63, 3.8) is 0 Å². The number of pyridine rings is 1. The zero-order chi connectivity index (χ0) is 7.84. The minimum absolute atomic E-state index is 0.269. The van der Waals surface area contributed by atoms with Gasteiger partial charge in [-0.3, -0.25) is 4.79 Å². The first-order chi connectivity index (χ1) is 5.25. The van der Waals surface area contributed by atoms with Crippen LogP contribution in [0.25, 0.3) is 6.08 Å². The number of amides is 1. The number of aromatic nitrogens is 1. The van der Waals surface area contributed by atoms with E-state index in [2.05, 4.69) is 9.98 Å². The largest absolute Gasteiger partial charge is 0.272 e. The molecule has 0 unspecified atom stereocenters. The van der Waals surface area contributed by atoms with Gasteiger partial charge in [-0.05, 0) is 12.1 Å². The number of hydrogen-bond acceptors (Lipinski definition) is 2. The smallest absolute Gasteiger partial charge is 0.267 e. The van der Waals surface area contributed by atoms with E-state index in [4.69, 9.17) is 11.6 Å². The molecule has 2 heterocycles. The topological polar surface area (TPSA) is 42.3 Å². The zero-order valence-corrected chi connectivity index (χ0v) is 6.17. The van der Waals surface area contributed by atoms with Crippen LogP contribution in [-0.2, 0) is 4.79 Å². The van der Waals surface area contributed by atoms with Gasteiger partial charge in [0.15, 0.2) is 5.49 Å². The Morgan fingerprint density at radius 1 is 1.36 bits per heavy atom. The van der Waals surface area contributed by atoms with Crippen LogP contribution in [0.5, 0.6) is 0 Å². The molecule has 1 aromatic heterocycles. The Morgan fingerprint density at radius 2 is 2.18 bits per heavy atom. The lowest BCUT2D eigenvalue weighted by Gasteiger charge is -1.83. The van der Waals surface area contributed by atoms with Crippen molar-refractivity contribution in [3.05, 3.63) is 28.0 Å². The fourth-order valence-corrected chi connectivity index (χ4v) is 1.05. The van der Waals surface area contributed by atoms with Crippen molar-refractivity contribution in [1.82, 2.24) is 4.98 Å². The fourth-order valence-electron chi connectivity index (χ4n) is 0.908. The second kappa shape index (κ2) is 2.13. The lowest BCUT2D eigenvalue weighted by atomic mass is 10.4. The molecule has 11 heavy (non-hydrogen) atoms. The molecule has 0 saturated heterocycles. The Morgan fingerprint density at radius 3 is 3.00 bits per heavy atom. The van der Waals surface area contributed by atoms with Crippen LogP contribution in [-0.4, -0.2) is 10.9 Å². The Labute approximate surface area is 67.0 Å². The summed E-state index contributed by atoms with van der Waals surface area (Å²) in [5, 5.41) is 1.09. The van der Waals surface area contributed by atoms with E-state index >= 15 is 0 Å². The van der Waals surface area contributed by atoms with Crippen LogP contribution < -0.4 is 10.7 Å². The highest BCUT2D eigenvalue weighted by molar-refractivity contribution is 6.29. The Bertz CT molecular complexity index is 438. The molecule has 1 aliphatic heterocycles. The van der Waals surface area contributed by atoms with E-state index in [-0.39, 0.29) is 5.91 Å². The van der Waals surface area contributed by atoms with E-state index in [1.54, 1.807) is 12.1 Å². The number of hydrogen-bond donors (Lipinski definition) is 0. The minimum atomic E-state index is -0.269. The summed E-state index contributed by atoms with van der Waals surface area (Å²) in [5.74, 6) is -0.269. The van der Waals surface area contributed by atoms with Gasteiger partial charge in [-0.15, -0.1) is 0 Å². The van der Waals surface area contributed by atoms with E-state index in [1.165, 1.54) is 6.08 Å². The monoisotopic (exact) mass is 166 g/mol. The summed E-state index contributed by atoms with van der Waals surface area (Å²) in [5.41, 5.74) is 0.419. The van der Waals surface area contributed by atoms with Gasteiger partial charge in [0.05, 0.1) is 0 Å². The van der Waals surface area contributed by atoms with E-state index in [1.807, 2.05) is 0 Å². The molecule has 1 aliphatic rings. The van der Waals surface area contributed by atoms with Gasteiger partial charge in [0.1, 0.15) is 5.15 Å². The number of carbonyl (C=O) groups excluding carboxylic acids is 1. The summed E-state index contributed by atoms with van der Waals surface area (Å²) in [7, 11) is 0. The average Bonchev–Trinajstić information content (AvgIpc) is 2.27. The van der Waals surface area contributed by atoms with Crippen molar-refractivity contribution in [3.8, 4) is 0 Å². The molecule has 0 aliphatic carbocycles. The second-order valence-electron chi connectivity index (χ2n) is 2.14. The van der Waals surface area contributed by atoms with Crippen LogP contribution in [0.2, 0.25) is 5.15 Å². The third-order valence-electron chi connectivity index (χ3n) is 1.37. The minimum Gasteiger partial charge on any atom is -0.267 e. The molecule has 1 aromatic rings. The molecule has 1 amide bonds. The summed E-state index contributed by atoms with van der Waals surface area (Å²) in [6.45, 7) is 0. The fraction of sp³-hybridized carbons (Fsp3) is 0. The maximum Gasteiger partial charge on any atom is 0.272 e. The SMILES string of the molecule is O=C1C=c2ccc(Cl)nc2=N1. The summed E-state index contributed by atoms with van der Waals surface area (Å²) >= 11 is 5.57. The Balaban J connectivity index is 2.89. The third-order valence-corrected chi connectivity index (χ3v) is 1.58. The molecular weight excluding hydrogens is 164 g/mol. The van der Waals surface area contributed by atoms with Gasteiger partial charge in [-0.2, -0.15) is 4.99 Å². The van der Waals surface area contributed by atoms with Crippen LogP contribution in [0, 0.1) is 0 Å². The first-order valence-corrected chi connectivity index (χ1v) is 3.40. The van der Waals surface area contributed by atoms with Crippen molar-refractivity contribution in [2.24, 2.45) is 4.99 Å². The lowest BCUT2D eigenvalue weighted by molar-refractivity contribution is -0.112. The van der Waals surface area contributed by atoms with Gasteiger partial charge >= 0.3 is 0 Å². The number of halogens is 1. The Kier molecular flexibility index (Phi) is 1.26. The van der Waals surface area contributed by atoms with Gasteiger partial charge in [0.25, 0.3) is 5.91 Å². The summed E-state index contributed by atoms with van der Waals surface area (Å²) < 4.78 is 0. The molecule has 3 nitrogen and oxygen atoms in total. The highest BCUT2D eigenvalue weighted by Crippen LogP contribution is 1.95. The number of nitrogens with zero attached hydrogens (tertiary/aromatic N) is 2. The van der Waals surface area contributed by atoms with Crippen molar-refractivity contribution in [1.29, 1.82) is 0 Å². The molecule has 0 N–H and O–H groups in total. The van der Waals surface area contributed by atoms with Crippen LogP contribution in [0.4, 0.5) is 0 Å². The van der Waals surface area contributed by atoms with Crippen molar-refractivity contribution in [2.75, 3.05) is 0 Å². The molecule has 0 saturated carbocycles. The molecule has 0 spiro atoms. The first kappa shape index (κ1) is 6.49. The van der Waals surface area contributed by atoms with E-state index in [0.717, 1.165) is 5.22 Å². The maximum atomic E-state index is 10.7. The van der Waals surface area contributed by atoms with Crippen molar-refractivity contribution < 1.29 is 4.79 Å². The Hall–Kier alpha value is -1.22. The van der Waals surface area contributed by atoms with Crippen LogP contribution in [0.15, 0.2) is 17.1 Å². The molecule has 0 aromatic carbocycles. The predicted molar refractivity (Wildman–Crippen MR) is 39.5 cm³/mol. The van der Waals surface area contributed by atoms with Gasteiger partial charge in [-0.1, -0.05) is 11.6 Å². The van der Waals surface area contributed by atoms with Crippen molar-refractivity contribution >= 4 is 23.6 Å². The molecular formula is C7H3ClN2O. The maximum absolute atomic E-state index is 10.7. The van der Waals surface area contributed by atoms with Crippen molar-refractivity contribution in [2.45, 2.75) is 0 Å². The molecule has 0 atom stereocenters. The lowest BCUT2D eigenvalue weighted by Crippen LogP contribution is -2.24. The normalized spacial score (nSPS) is 13.7. The number of carbonyl (C=O) groups is 1. The van der Waals surface area contributed by atoms with Crippen LogP contribution >= 0.6 is 11.6 Å². The highest BCUT2D eigenvalue weighted by atomic mass is 35.5. The average molecular weight is 167 g/mol. The number of rotatable bonds is 0. The van der Waals surface area contributed by atoms with Crippen LogP contribution in [0.1, 0.15) is 0 Å². The van der Waals surface area contributed by atoms with Crippen LogP contribution in [0.3, 0.4) is 0 Å². The van der Waals surface area contributed by atoms with Gasteiger partial charge in [0, 0.05) is 11.3 Å². The first-order valence-electron chi connectivity index (χ1n) is 3.03. The zero-order valence-electron chi connectivity index (χ0n) is 5.41. The summed E-state index contributed by atoms with van der Waals surface area (Å²) in [6, 6.07) is 3.35. The third kappa shape index (κ3) is 1.03. The standard InChI is InChI=1S/C7H3ClN2O/c8-5-2-1-4-3-6(11)10-7(4)9-5/h1-3H. The number of fused-ring (bicyclic) bond motifs is 1. The second-order valence-corrected chi connectivity index (χ2v) is 2.53. The molecule has 54 valence electrons. The van der Waals surface area contributed by atoms with Gasteiger partial charge < -0.3 is 0 Å². The summed E-state index contributed by atoms with van der Waals surface area (Å²) in [4.78, 5) is 18.2. The van der Waals surface area contributed by atoms with Gasteiger partial charge in [-0.25, -0.2) is 4.98 Å². The predicted octanol–water partition coefficient (Wildman–Crippen LogP) is -0.325.